The molecular formula is C24H26O5. The zero-order valence-electron chi connectivity index (χ0n) is 17.4. The number of hydrogen-bond acceptors (Lipinski definition) is 5. The summed E-state index contributed by atoms with van der Waals surface area (Å²) in [5, 5.41) is 0. The number of allylic oxidation sites excluding steroid dienone is 2. The van der Waals surface area contributed by atoms with Crippen LogP contribution in [0.1, 0.15) is 25.0 Å². The molecular weight excluding hydrogens is 368 g/mol. The monoisotopic (exact) mass is 394 g/mol. The summed E-state index contributed by atoms with van der Waals surface area (Å²) in [4.78, 5) is 25.2. The van der Waals surface area contributed by atoms with Crippen molar-refractivity contribution in [2.24, 2.45) is 5.41 Å². The topological polar surface area (TPSA) is 61.8 Å². The van der Waals surface area contributed by atoms with Gasteiger partial charge in [0.1, 0.15) is 5.75 Å². The molecule has 0 N–H and O–H groups in total. The predicted molar refractivity (Wildman–Crippen MR) is 114 cm³/mol. The van der Waals surface area contributed by atoms with Crippen molar-refractivity contribution in [1.82, 2.24) is 0 Å². The third-order valence-electron chi connectivity index (χ3n) is 4.61. The van der Waals surface area contributed by atoms with Gasteiger partial charge in [-0.3, -0.25) is 9.59 Å². The van der Waals surface area contributed by atoms with Gasteiger partial charge in [-0.2, -0.15) is 0 Å². The fourth-order valence-corrected chi connectivity index (χ4v) is 2.55. The summed E-state index contributed by atoms with van der Waals surface area (Å²) in [6.45, 7) is 3.24. The highest BCUT2D eigenvalue weighted by molar-refractivity contribution is 6.16. The summed E-state index contributed by atoms with van der Waals surface area (Å²) in [7, 11) is 4.70. The summed E-state index contributed by atoms with van der Waals surface area (Å²) in [6.07, 6.45) is 6.20. The molecule has 29 heavy (non-hydrogen) atoms. The Morgan fingerprint density at radius 1 is 0.724 bits per heavy atom. The Balaban J connectivity index is 2.10. The van der Waals surface area contributed by atoms with Gasteiger partial charge in [0.15, 0.2) is 23.1 Å². The third kappa shape index (κ3) is 5.57. The molecule has 5 heteroatoms. The molecule has 0 fully saturated rings. The molecule has 2 rings (SSSR count). The van der Waals surface area contributed by atoms with Crippen LogP contribution in [0.2, 0.25) is 0 Å². The van der Waals surface area contributed by atoms with E-state index in [2.05, 4.69) is 0 Å². The molecule has 0 aliphatic rings. The molecule has 2 aromatic rings. The van der Waals surface area contributed by atoms with E-state index in [4.69, 9.17) is 14.2 Å². The second-order valence-electron chi connectivity index (χ2n) is 6.91. The lowest BCUT2D eigenvalue weighted by atomic mass is 9.82. The quantitative estimate of drug-likeness (QED) is 0.459. The van der Waals surface area contributed by atoms with Gasteiger partial charge in [0, 0.05) is 0 Å². The standard InChI is InChI=1S/C24H26O5/c1-24(2,22(25)14-9-17-6-11-19(27-3)12-7-17)23(26)15-10-18-8-13-20(28-4)21(16-18)29-5/h6-16H,1-5H3/b14-9+,15-10+. The highest BCUT2D eigenvalue weighted by Crippen LogP contribution is 2.28. The van der Waals surface area contributed by atoms with E-state index in [1.165, 1.54) is 12.2 Å². The van der Waals surface area contributed by atoms with Crippen LogP contribution in [0.4, 0.5) is 0 Å². The number of carbonyl (C=O) groups is 2. The van der Waals surface area contributed by atoms with Crippen LogP contribution < -0.4 is 14.2 Å². The van der Waals surface area contributed by atoms with Crippen molar-refractivity contribution in [2.45, 2.75) is 13.8 Å². The minimum Gasteiger partial charge on any atom is -0.497 e. The first-order valence-corrected chi connectivity index (χ1v) is 9.13. The second kappa shape index (κ2) is 9.73. The van der Waals surface area contributed by atoms with Crippen molar-refractivity contribution in [1.29, 1.82) is 0 Å². The minimum absolute atomic E-state index is 0.268. The summed E-state index contributed by atoms with van der Waals surface area (Å²) in [6, 6.07) is 12.6. The van der Waals surface area contributed by atoms with Gasteiger partial charge in [0.25, 0.3) is 0 Å². The Labute approximate surface area is 171 Å². The van der Waals surface area contributed by atoms with Crippen molar-refractivity contribution in [3.63, 3.8) is 0 Å². The van der Waals surface area contributed by atoms with Crippen molar-refractivity contribution in [2.75, 3.05) is 21.3 Å². The molecule has 152 valence electrons. The van der Waals surface area contributed by atoms with Crippen LogP contribution in [0, 0.1) is 5.41 Å². The van der Waals surface area contributed by atoms with Crippen LogP contribution in [0.15, 0.2) is 54.6 Å². The molecule has 5 nitrogen and oxygen atoms in total. The van der Waals surface area contributed by atoms with E-state index in [0.29, 0.717) is 11.5 Å². The van der Waals surface area contributed by atoms with Crippen molar-refractivity contribution in [3.8, 4) is 17.2 Å². The maximum atomic E-state index is 12.6. The van der Waals surface area contributed by atoms with Crippen LogP contribution in [0.5, 0.6) is 17.2 Å². The zero-order chi connectivity index (χ0) is 21.4. The Morgan fingerprint density at radius 3 is 1.76 bits per heavy atom. The van der Waals surface area contributed by atoms with Crippen molar-refractivity contribution in [3.05, 3.63) is 65.7 Å². The minimum atomic E-state index is -1.17. The van der Waals surface area contributed by atoms with Gasteiger partial charge >= 0.3 is 0 Å². The number of ether oxygens (including phenoxy) is 3. The lowest BCUT2D eigenvalue weighted by molar-refractivity contribution is -0.132. The SMILES string of the molecule is COc1ccc(/C=C/C(=O)C(C)(C)C(=O)/C=C/c2ccc(OC)c(OC)c2)cc1. The molecule has 0 atom stereocenters. The number of hydrogen-bond donors (Lipinski definition) is 0. The Morgan fingerprint density at radius 2 is 1.24 bits per heavy atom. The van der Waals surface area contributed by atoms with Crippen LogP contribution >= 0.6 is 0 Å². The molecule has 0 unspecified atom stereocenters. The van der Waals surface area contributed by atoms with Gasteiger partial charge < -0.3 is 14.2 Å². The van der Waals surface area contributed by atoms with Crippen LogP contribution in [0.3, 0.4) is 0 Å². The van der Waals surface area contributed by atoms with Crippen LogP contribution in [-0.2, 0) is 9.59 Å². The van der Waals surface area contributed by atoms with E-state index < -0.39 is 5.41 Å². The van der Waals surface area contributed by atoms with E-state index in [9.17, 15) is 9.59 Å². The van der Waals surface area contributed by atoms with E-state index in [1.54, 1.807) is 59.5 Å². The average Bonchev–Trinajstić information content (AvgIpc) is 2.75. The Hall–Kier alpha value is -3.34. The summed E-state index contributed by atoms with van der Waals surface area (Å²) >= 11 is 0. The Kier molecular flexibility index (Phi) is 7.37. The van der Waals surface area contributed by atoms with Crippen LogP contribution in [-0.4, -0.2) is 32.9 Å². The molecule has 0 saturated heterocycles. The summed E-state index contributed by atoms with van der Waals surface area (Å²) in [5.74, 6) is 1.37. The predicted octanol–water partition coefficient (Wildman–Crippen LogP) is 4.60. The van der Waals surface area contributed by atoms with Crippen molar-refractivity contribution >= 4 is 23.7 Å². The molecule has 0 aliphatic carbocycles. The van der Waals surface area contributed by atoms with E-state index >= 15 is 0 Å². The fourth-order valence-electron chi connectivity index (χ4n) is 2.55. The lowest BCUT2D eigenvalue weighted by Crippen LogP contribution is -2.30. The molecule has 0 heterocycles. The summed E-state index contributed by atoms with van der Waals surface area (Å²) < 4.78 is 15.6. The largest absolute Gasteiger partial charge is 0.497 e. The van der Waals surface area contributed by atoms with E-state index in [1.807, 2.05) is 30.3 Å². The molecule has 0 aliphatic heterocycles. The Bertz CT molecular complexity index is 921. The number of benzene rings is 2. The number of rotatable bonds is 9. The molecule has 0 radical (unpaired) electrons. The maximum absolute atomic E-state index is 12.6. The molecule has 0 amide bonds. The highest BCUT2D eigenvalue weighted by Gasteiger charge is 2.32. The molecule has 0 saturated carbocycles. The number of methoxy groups -OCH3 is 3. The van der Waals surface area contributed by atoms with Crippen molar-refractivity contribution < 1.29 is 23.8 Å². The number of carbonyl (C=O) groups excluding carboxylic acids is 2. The first kappa shape index (κ1) is 22.0. The zero-order valence-corrected chi connectivity index (χ0v) is 17.4. The van der Waals surface area contributed by atoms with Gasteiger partial charge in [0.05, 0.1) is 26.7 Å². The normalized spacial score (nSPS) is 11.6. The van der Waals surface area contributed by atoms with E-state index in [-0.39, 0.29) is 11.6 Å². The van der Waals surface area contributed by atoms with Gasteiger partial charge in [0.2, 0.25) is 0 Å². The molecule has 0 aromatic heterocycles. The lowest BCUT2D eigenvalue weighted by Gasteiger charge is -2.17. The second-order valence-corrected chi connectivity index (χ2v) is 6.91. The first-order chi connectivity index (χ1) is 13.8. The first-order valence-electron chi connectivity index (χ1n) is 9.13. The smallest absolute Gasteiger partial charge is 0.169 e. The van der Waals surface area contributed by atoms with Crippen LogP contribution in [0.25, 0.3) is 12.2 Å². The fraction of sp³-hybridized carbons (Fsp3) is 0.250. The van der Waals surface area contributed by atoms with E-state index in [0.717, 1.165) is 16.9 Å². The third-order valence-corrected chi connectivity index (χ3v) is 4.61. The molecule has 0 bridgehead atoms. The number of ketones is 2. The van der Waals surface area contributed by atoms with Gasteiger partial charge in [-0.15, -0.1) is 0 Å². The molecule has 2 aromatic carbocycles. The van der Waals surface area contributed by atoms with Gasteiger partial charge in [-0.25, -0.2) is 0 Å². The van der Waals surface area contributed by atoms with Gasteiger partial charge in [-0.05, 0) is 61.4 Å². The molecule has 0 spiro atoms. The average molecular weight is 394 g/mol. The maximum Gasteiger partial charge on any atom is 0.169 e. The highest BCUT2D eigenvalue weighted by atomic mass is 16.5. The summed E-state index contributed by atoms with van der Waals surface area (Å²) in [5.41, 5.74) is 0.451. The van der Waals surface area contributed by atoms with Gasteiger partial charge in [-0.1, -0.05) is 30.4 Å².